The van der Waals surface area contributed by atoms with E-state index in [1.807, 2.05) is 48.5 Å². The largest absolute Gasteiger partial charge is 0.353 e. The van der Waals surface area contributed by atoms with Crippen LogP contribution in [0.2, 0.25) is 5.02 Å². The number of nitrogens with one attached hydrogen (secondary N) is 1. The van der Waals surface area contributed by atoms with Crippen LogP contribution >= 0.6 is 43.5 Å². The quantitative estimate of drug-likeness (QED) is 0.353. The molecule has 27 heavy (non-hydrogen) atoms. The molecule has 0 unspecified atom stereocenters. The van der Waals surface area contributed by atoms with E-state index in [0.717, 1.165) is 31.3 Å². The summed E-state index contributed by atoms with van der Waals surface area (Å²) in [6.07, 6.45) is 3.98. The molecule has 2 aromatic heterocycles. The van der Waals surface area contributed by atoms with E-state index in [4.69, 9.17) is 11.6 Å². The Kier molecular flexibility index (Phi) is 5.17. The summed E-state index contributed by atoms with van der Waals surface area (Å²) < 4.78 is 1.68. The Morgan fingerprint density at radius 1 is 1.00 bits per heavy atom. The molecule has 0 aliphatic rings. The second-order valence-corrected chi connectivity index (χ2v) is 8.36. The summed E-state index contributed by atoms with van der Waals surface area (Å²) in [5.74, 6) is 0. The number of aromatic amines is 1. The Morgan fingerprint density at radius 3 is 2.41 bits per heavy atom. The summed E-state index contributed by atoms with van der Waals surface area (Å²) >= 11 is 13.1. The second-order valence-electron chi connectivity index (χ2n) is 6.16. The van der Waals surface area contributed by atoms with Crippen LogP contribution in [0.15, 0.2) is 74.7 Å². The van der Waals surface area contributed by atoms with E-state index in [-0.39, 0.29) is 5.43 Å². The van der Waals surface area contributed by atoms with Gasteiger partial charge in [-0.25, -0.2) is 0 Å². The fourth-order valence-electron chi connectivity index (χ4n) is 3.09. The summed E-state index contributed by atoms with van der Waals surface area (Å²) in [6, 6.07) is 15.1. The molecule has 0 aliphatic heterocycles. The molecule has 4 rings (SSSR count). The first-order valence-corrected chi connectivity index (χ1v) is 10.2. The van der Waals surface area contributed by atoms with Crippen LogP contribution in [0.1, 0.15) is 11.1 Å². The van der Waals surface area contributed by atoms with Crippen molar-refractivity contribution in [1.82, 2.24) is 9.97 Å². The zero-order valence-corrected chi connectivity index (χ0v) is 17.9. The predicted octanol–water partition coefficient (Wildman–Crippen LogP) is 6.36. The molecule has 0 radical (unpaired) electrons. The zero-order valence-electron chi connectivity index (χ0n) is 14.0. The molecular weight excluding hydrogens is 492 g/mol. The molecule has 1 N–H and O–H groups in total. The van der Waals surface area contributed by atoms with E-state index in [1.54, 1.807) is 12.4 Å². The molecule has 2 heterocycles. The van der Waals surface area contributed by atoms with E-state index >= 15 is 0 Å². The van der Waals surface area contributed by atoms with Gasteiger partial charge in [-0.2, -0.15) is 0 Å². The Bertz CT molecular complexity index is 1190. The molecule has 0 amide bonds. The van der Waals surface area contributed by atoms with Gasteiger partial charge in [0.2, 0.25) is 0 Å². The van der Waals surface area contributed by atoms with Gasteiger partial charge < -0.3 is 4.98 Å². The topological polar surface area (TPSA) is 45.8 Å². The molecule has 0 spiro atoms. The van der Waals surface area contributed by atoms with E-state index in [0.29, 0.717) is 22.4 Å². The standard InChI is InChI=1S/C21H13Br2ClN2O/c22-14-10-17-20(18(23)11-14)26-19(13-1-3-15(24)4-2-13)16(21(17)27)9-12-5-7-25-8-6-12/h1-8,10-11H,9H2,(H,26,27). The highest BCUT2D eigenvalue weighted by atomic mass is 79.9. The van der Waals surface area contributed by atoms with Crippen molar-refractivity contribution in [2.45, 2.75) is 6.42 Å². The minimum atomic E-state index is 0.00696. The predicted molar refractivity (Wildman–Crippen MR) is 117 cm³/mol. The van der Waals surface area contributed by atoms with Crippen molar-refractivity contribution in [3.8, 4) is 11.3 Å². The van der Waals surface area contributed by atoms with Gasteiger partial charge >= 0.3 is 0 Å². The van der Waals surface area contributed by atoms with Gasteiger partial charge in [-0.1, -0.05) is 39.7 Å². The van der Waals surface area contributed by atoms with Crippen LogP contribution < -0.4 is 5.43 Å². The lowest BCUT2D eigenvalue weighted by Gasteiger charge is -2.13. The van der Waals surface area contributed by atoms with Gasteiger partial charge in [-0.05, 0) is 63.5 Å². The second kappa shape index (κ2) is 7.58. The van der Waals surface area contributed by atoms with Crippen molar-refractivity contribution in [2.75, 3.05) is 0 Å². The Hall–Kier alpha value is -1.95. The third-order valence-electron chi connectivity index (χ3n) is 4.39. The van der Waals surface area contributed by atoms with E-state index in [2.05, 4.69) is 41.8 Å². The fourth-order valence-corrected chi connectivity index (χ4v) is 4.54. The number of nitrogens with zero attached hydrogens (tertiary/aromatic N) is 1. The first-order valence-electron chi connectivity index (χ1n) is 8.21. The normalized spacial score (nSPS) is 11.1. The average molecular weight is 505 g/mol. The number of aromatic nitrogens is 2. The highest BCUT2D eigenvalue weighted by Gasteiger charge is 2.16. The monoisotopic (exact) mass is 502 g/mol. The number of rotatable bonds is 3. The van der Waals surface area contributed by atoms with E-state index < -0.39 is 0 Å². The van der Waals surface area contributed by atoms with Crippen LogP contribution in [0.5, 0.6) is 0 Å². The first kappa shape index (κ1) is 18.4. The average Bonchev–Trinajstić information content (AvgIpc) is 2.66. The Labute approximate surface area is 177 Å². The lowest BCUT2D eigenvalue weighted by atomic mass is 9.97. The Balaban J connectivity index is 2.02. The molecule has 0 saturated carbocycles. The summed E-state index contributed by atoms with van der Waals surface area (Å²) in [6.45, 7) is 0. The molecule has 0 saturated heterocycles. The van der Waals surface area contributed by atoms with E-state index in [1.165, 1.54) is 0 Å². The maximum atomic E-state index is 13.4. The van der Waals surface area contributed by atoms with Crippen LogP contribution in [0.25, 0.3) is 22.2 Å². The number of halogens is 3. The third kappa shape index (κ3) is 3.72. The SMILES string of the molecule is O=c1c(Cc2ccncc2)c(-c2ccc(Cl)cc2)[nH]c2c(Br)cc(Br)cc12. The van der Waals surface area contributed by atoms with Crippen molar-refractivity contribution in [3.05, 3.63) is 96.2 Å². The summed E-state index contributed by atoms with van der Waals surface area (Å²) in [4.78, 5) is 20.9. The van der Waals surface area contributed by atoms with Crippen LogP contribution in [0.4, 0.5) is 0 Å². The van der Waals surface area contributed by atoms with Crippen molar-refractivity contribution in [1.29, 1.82) is 0 Å². The maximum absolute atomic E-state index is 13.4. The lowest BCUT2D eigenvalue weighted by Crippen LogP contribution is -2.14. The molecular formula is C21H13Br2ClN2O. The van der Waals surface area contributed by atoms with Crippen molar-refractivity contribution in [3.63, 3.8) is 0 Å². The molecule has 2 aromatic carbocycles. The lowest BCUT2D eigenvalue weighted by molar-refractivity contribution is 1.13. The zero-order chi connectivity index (χ0) is 19.0. The fraction of sp³-hybridized carbons (Fsp3) is 0.0476. The summed E-state index contributed by atoms with van der Waals surface area (Å²) in [7, 11) is 0. The van der Waals surface area contributed by atoms with Gasteiger partial charge in [0, 0.05) is 43.7 Å². The van der Waals surface area contributed by atoms with Crippen LogP contribution in [-0.4, -0.2) is 9.97 Å². The number of fused-ring (bicyclic) bond motifs is 1. The number of H-pyrrole nitrogens is 1. The Morgan fingerprint density at radius 2 is 1.70 bits per heavy atom. The highest BCUT2D eigenvalue weighted by Crippen LogP contribution is 2.30. The smallest absolute Gasteiger partial charge is 0.193 e. The van der Waals surface area contributed by atoms with Crippen LogP contribution in [0, 0.1) is 0 Å². The molecule has 0 aliphatic carbocycles. The number of benzene rings is 2. The highest BCUT2D eigenvalue weighted by molar-refractivity contribution is 9.11. The molecule has 134 valence electrons. The molecule has 0 bridgehead atoms. The van der Waals surface area contributed by atoms with Crippen molar-refractivity contribution in [2.24, 2.45) is 0 Å². The molecule has 4 aromatic rings. The van der Waals surface area contributed by atoms with Gasteiger partial charge in [-0.3, -0.25) is 9.78 Å². The minimum absolute atomic E-state index is 0.00696. The summed E-state index contributed by atoms with van der Waals surface area (Å²) in [5.41, 5.74) is 4.22. The molecule has 0 fully saturated rings. The van der Waals surface area contributed by atoms with Gasteiger partial charge in [0.25, 0.3) is 0 Å². The van der Waals surface area contributed by atoms with Gasteiger partial charge in [-0.15, -0.1) is 0 Å². The summed E-state index contributed by atoms with van der Waals surface area (Å²) in [5, 5.41) is 1.29. The first-order chi connectivity index (χ1) is 13.0. The van der Waals surface area contributed by atoms with Crippen molar-refractivity contribution >= 4 is 54.4 Å². The van der Waals surface area contributed by atoms with Gasteiger partial charge in [0.15, 0.2) is 5.43 Å². The molecule has 3 nitrogen and oxygen atoms in total. The number of pyridine rings is 2. The number of hydrogen-bond donors (Lipinski definition) is 1. The molecule has 6 heteroatoms. The molecule has 0 atom stereocenters. The third-order valence-corrected chi connectivity index (χ3v) is 5.72. The maximum Gasteiger partial charge on any atom is 0.193 e. The van der Waals surface area contributed by atoms with Crippen LogP contribution in [-0.2, 0) is 6.42 Å². The number of hydrogen-bond acceptors (Lipinski definition) is 2. The van der Waals surface area contributed by atoms with Gasteiger partial charge in [0.1, 0.15) is 0 Å². The van der Waals surface area contributed by atoms with Gasteiger partial charge in [0.05, 0.1) is 11.2 Å². The minimum Gasteiger partial charge on any atom is -0.353 e. The van der Waals surface area contributed by atoms with E-state index in [9.17, 15) is 4.79 Å². The van der Waals surface area contributed by atoms with Crippen molar-refractivity contribution < 1.29 is 0 Å². The van der Waals surface area contributed by atoms with Crippen LogP contribution in [0.3, 0.4) is 0 Å².